The highest BCUT2D eigenvalue weighted by molar-refractivity contribution is 9.08. The summed E-state index contributed by atoms with van der Waals surface area (Å²) in [5.74, 6) is 0. The van der Waals surface area contributed by atoms with Crippen LogP contribution in [0, 0.1) is 0 Å². The van der Waals surface area contributed by atoms with Crippen molar-refractivity contribution in [2.45, 2.75) is 11.8 Å². The summed E-state index contributed by atoms with van der Waals surface area (Å²) in [5, 5.41) is 0.146. The number of rotatable bonds is 3. The summed E-state index contributed by atoms with van der Waals surface area (Å²) in [4.78, 5) is 13.9. The molecular weight excluding hydrogens is 258 g/mol. The molecule has 1 rings (SSSR count). The first-order valence-corrected chi connectivity index (χ1v) is 4.80. The van der Waals surface area contributed by atoms with Gasteiger partial charge in [-0.05, 0) is 0 Å². The van der Waals surface area contributed by atoms with Gasteiger partial charge in [-0.1, -0.05) is 15.9 Å². The molecule has 1 aromatic rings. The van der Waals surface area contributed by atoms with Crippen molar-refractivity contribution in [1.82, 2.24) is 4.98 Å². The first-order valence-electron chi connectivity index (χ1n) is 3.68. The second-order valence-corrected chi connectivity index (χ2v) is 3.10. The van der Waals surface area contributed by atoms with Crippen LogP contribution in [0.15, 0.2) is 6.20 Å². The Morgan fingerprint density at radius 3 is 2.71 bits per heavy atom. The van der Waals surface area contributed by atoms with Crippen molar-refractivity contribution in [3.63, 3.8) is 0 Å². The summed E-state index contributed by atoms with van der Waals surface area (Å²) in [6.45, 7) is 0. The SMILES string of the molecule is Nc1c(C=O)cnc(C(F)F)c1CBr. The molecule has 0 spiro atoms. The van der Waals surface area contributed by atoms with Crippen molar-refractivity contribution in [1.29, 1.82) is 0 Å². The van der Waals surface area contributed by atoms with E-state index < -0.39 is 6.43 Å². The van der Waals surface area contributed by atoms with Gasteiger partial charge in [-0.25, -0.2) is 8.78 Å². The number of pyridine rings is 1. The van der Waals surface area contributed by atoms with E-state index in [9.17, 15) is 13.6 Å². The standard InChI is InChI=1S/C8H7BrF2N2O/c9-1-5-6(12)4(3-14)2-13-7(5)8(10)11/h2-3,8H,1H2,(H2,12,13). The van der Waals surface area contributed by atoms with Crippen molar-refractivity contribution in [2.24, 2.45) is 0 Å². The Bertz CT molecular complexity index is 357. The van der Waals surface area contributed by atoms with Gasteiger partial charge >= 0.3 is 0 Å². The molecule has 0 unspecified atom stereocenters. The van der Waals surface area contributed by atoms with Gasteiger partial charge < -0.3 is 5.73 Å². The molecule has 0 aliphatic rings. The number of anilines is 1. The molecule has 0 saturated heterocycles. The van der Waals surface area contributed by atoms with Gasteiger partial charge in [-0.15, -0.1) is 0 Å². The number of carbonyl (C=O) groups excluding carboxylic acids is 1. The third-order valence-corrected chi connectivity index (χ3v) is 2.32. The highest BCUT2D eigenvalue weighted by Crippen LogP contribution is 2.28. The van der Waals surface area contributed by atoms with E-state index in [1.807, 2.05) is 0 Å². The Morgan fingerprint density at radius 1 is 1.64 bits per heavy atom. The van der Waals surface area contributed by atoms with Crippen molar-refractivity contribution >= 4 is 27.9 Å². The van der Waals surface area contributed by atoms with Crippen LogP contribution in [0.1, 0.15) is 28.0 Å². The van der Waals surface area contributed by atoms with Crippen LogP contribution >= 0.6 is 15.9 Å². The lowest BCUT2D eigenvalue weighted by molar-refractivity contribution is 0.112. The number of nitrogen functional groups attached to an aromatic ring is 1. The highest BCUT2D eigenvalue weighted by Gasteiger charge is 2.18. The van der Waals surface area contributed by atoms with Crippen LogP contribution < -0.4 is 5.73 Å². The molecule has 1 aromatic heterocycles. The fraction of sp³-hybridized carbons (Fsp3) is 0.250. The Hall–Kier alpha value is -1.04. The number of alkyl halides is 3. The molecule has 0 fully saturated rings. The average Bonchev–Trinajstić information content (AvgIpc) is 2.17. The first kappa shape index (κ1) is 11.0. The number of carbonyl (C=O) groups is 1. The molecule has 3 nitrogen and oxygen atoms in total. The van der Waals surface area contributed by atoms with Crippen LogP contribution in [0.2, 0.25) is 0 Å². The molecule has 0 atom stereocenters. The van der Waals surface area contributed by atoms with E-state index in [1.165, 1.54) is 0 Å². The lowest BCUT2D eigenvalue weighted by Crippen LogP contribution is -2.05. The molecular formula is C8H7BrF2N2O. The smallest absolute Gasteiger partial charge is 0.280 e. The molecule has 2 N–H and O–H groups in total. The number of aldehydes is 1. The van der Waals surface area contributed by atoms with Gasteiger partial charge in [-0.3, -0.25) is 9.78 Å². The molecule has 6 heteroatoms. The topological polar surface area (TPSA) is 56.0 Å². The van der Waals surface area contributed by atoms with E-state index in [4.69, 9.17) is 5.73 Å². The van der Waals surface area contributed by atoms with Gasteiger partial charge in [0.15, 0.2) is 6.29 Å². The minimum atomic E-state index is -2.69. The van der Waals surface area contributed by atoms with Crippen molar-refractivity contribution < 1.29 is 13.6 Å². The Kier molecular flexibility index (Phi) is 3.51. The third kappa shape index (κ3) is 1.89. The Balaban J connectivity index is 3.35. The Morgan fingerprint density at radius 2 is 2.29 bits per heavy atom. The number of aromatic nitrogens is 1. The molecule has 0 amide bonds. The number of halogens is 3. The van der Waals surface area contributed by atoms with Gasteiger partial charge in [0, 0.05) is 22.8 Å². The van der Waals surface area contributed by atoms with E-state index in [0.717, 1.165) is 6.20 Å². The molecule has 0 aliphatic carbocycles. The zero-order valence-electron chi connectivity index (χ0n) is 7.01. The normalized spacial score (nSPS) is 10.6. The number of nitrogens with zero attached hydrogens (tertiary/aromatic N) is 1. The fourth-order valence-corrected chi connectivity index (χ4v) is 1.61. The second-order valence-electron chi connectivity index (χ2n) is 2.54. The highest BCUT2D eigenvalue weighted by atomic mass is 79.9. The summed E-state index contributed by atoms with van der Waals surface area (Å²) in [5.41, 5.74) is 5.48. The van der Waals surface area contributed by atoms with Crippen LogP contribution in [0.3, 0.4) is 0 Å². The van der Waals surface area contributed by atoms with Crippen molar-refractivity contribution in [3.8, 4) is 0 Å². The summed E-state index contributed by atoms with van der Waals surface area (Å²) < 4.78 is 24.8. The lowest BCUT2D eigenvalue weighted by atomic mass is 10.1. The average molecular weight is 265 g/mol. The van der Waals surface area contributed by atoms with Gasteiger partial charge in [-0.2, -0.15) is 0 Å². The largest absolute Gasteiger partial charge is 0.398 e. The molecule has 0 aromatic carbocycles. The minimum absolute atomic E-state index is 0.0576. The number of nitrogens with two attached hydrogens (primary N) is 1. The molecule has 1 heterocycles. The second kappa shape index (κ2) is 4.45. The van der Waals surface area contributed by atoms with Gasteiger partial charge in [0.25, 0.3) is 6.43 Å². The van der Waals surface area contributed by atoms with E-state index in [1.54, 1.807) is 0 Å². The van der Waals surface area contributed by atoms with Crippen LogP contribution in [-0.2, 0) is 5.33 Å². The maximum atomic E-state index is 12.4. The molecule has 14 heavy (non-hydrogen) atoms. The Labute approximate surface area is 87.4 Å². The molecule has 0 bridgehead atoms. The van der Waals surface area contributed by atoms with Crippen LogP contribution in [0.5, 0.6) is 0 Å². The fourth-order valence-electron chi connectivity index (χ4n) is 1.02. The summed E-state index contributed by atoms with van der Waals surface area (Å²) in [6.07, 6.45) is -1.15. The third-order valence-electron chi connectivity index (χ3n) is 1.76. The van der Waals surface area contributed by atoms with E-state index in [0.29, 0.717) is 6.29 Å². The van der Waals surface area contributed by atoms with Crippen LogP contribution in [0.25, 0.3) is 0 Å². The van der Waals surface area contributed by atoms with E-state index >= 15 is 0 Å². The summed E-state index contributed by atoms with van der Waals surface area (Å²) in [7, 11) is 0. The zero-order valence-corrected chi connectivity index (χ0v) is 8.59. The number of hydrogen-bond acceptors (Lipinski definition) is 3. The quantitative estimate of drug-likeness (QED) is 0.674. The lowest BCUT2D eigenvalue weighted by Gasteiger charge is -2.09. The van der Waals surface area contributed by atoms with Gasteiger partial charge in [0.1, 0.15) is 5.69 Å². The van der Waals surface area contributed by atoms with Crippen LogP contribution in [0.4, 0.5) is 14.5 Å². The molecule has 0 saturated carbocycles. The first-order chi connectivity index (χ1) is 6.61. The predicted octanol–water partition coefficient (Wildman–Crippen LogP) is 2.31. The summed E-state index contributed by atoms with van der Waals surface area (Å²) >= 11 is 3.02. The van der Waals surface area contributed by atoms with Gasteiger partial charge in [0.2, 0.25) is 0 Å². The molecule has 0 aliphatic heterocycles. The molecule has 0 radical (unpaired) electrons. The van der Waals surface area contributed by atoms with Crippen LogP contribution in [-0.4, -0.2) is 11.3 Å². The van der Waals surface area contributed by atoms with E-state index in [-0.39, 0.29) is 27.8 Å². The van der Waals surface area contributed by atoms with Gasteiger partial charge in [0.05, 0.1) is 5.56 Å². The minimum Gasteiger partial charge on any atom is -0.398 e. The maximum Gasteiger partial charge on any atom is 0.280 e. The summed E-state index contributed by atoms with van der Waals surface area (Å²) in [6, 6.07) is 0. The van der Waals surface area contributed by atoms with E-state index in [2.05, 4.69) is 20.9 Å². The maximum absolute atomic E-state index is 12.4. The zero-order chi connectivity index (χ0) is 10.7. The van der Waals surface area contributed by atoms with Crippen molar-refractivity contribution in [2.75, 3.05) is 5.73 Å². The predicted molar refractivity (Wildman–Crippen MR) is 51.6 cm³/mol. The monoisotopic (exact) mass is 264 g/mol. The number of hydrogen-bond donors (Lipinski definition) is 1. The molecule has 76 valence electrons. The van der Waals surface area contributed by atoms with Crippen molar-refractivity contribution in [3.05, 3.63) is 23.0 Å².